The molecule has 0 amide bonds. The van der Waals surface area contributed by atoms with Gasteiger partial charge in [-0.15, -0.1) is 0 Å². The van der Waals surface area contributed by atoms with Crippen LogP contribution in [-0.4, -0.2) is 19.2 Å². The maximum atomic E-state index is 11.7. The lowest BCUT2D eigenvalue weighted by Gasteiger charge is -2.24. The second-order valence-corrected chi connectivity index (χ2v) is 3.69. The second-order valence-electron chi connectivity index (χ2n) is 3.69. The molecule has 0 saturated heterocycles. The highest BCUT2D eigenvalue weighted by Crippen LogP contribution is 2.33. The molecule has 86 valence electrons. The van der Waals surface area contributed by atoms with Gasteiger partial charge in [-0.05, 0) is 13.0 Å². The Bertz CT molecular complexity index is 403. The first-order chi connectivity index (χ1) is 7.74. The number of hydrogen-bond donors (Lipinski definition) is 1. The summed E-state index contributed by atoms with van der Waals surface area (Å²) in [6.45, 7) is 2.68. The van der Waals surface area contributed by atoms with Gasteiger partial charge in [0.2, 0.25) is 0 Å². The third-order valence-electron chi connectivity index (χ3n) is 2.62. The van der Waals surface area contributed by atoms with Gasteiger partial charge in [0.25, 0.3) is 0 Å². The molecule has 0 bridgehead atoms. The van der Waals surface area contributed by atoms with E-state index in [0.29, 0.717) is 24.5 Å². The fraction of sp³-hybridized carbons (Fsp3) is 0.417. The first-order valence-corrected chi connectivity index (χ1v) is 5.42. The number of ether oxygens (including phenoxy) is 2. The van der Waals surface area contributed by atoms with Crippen LogP contribution in [0.5, 0.6) is 5.75 Å². The quantitative estimate of drug-likeness (QED) is 0.771. The molecule has 2 N–H and O–H groups in total. The normalized spacial score (nSPS) is 18.5. The maximum absolute atomic E-state index is 11.7. The molecule has 0 aromatic heterocycles. The van der Waals surface area contributed by atoms with Crippen LogP contribution >= 0.6 is 0 Å². The average molecular weight is 221 g/mol. The summed E-state index contributed by atoms with van der Waals surface area (Å²) in [5, 5.41) is 0. The van der Waals surface area contributed by atoms with Gasteiger partial charge in [0.1, 0.15) is 11.3 Å². The van der Waals surface area contributed by atoms with E-state index in [9.17, 15) is 4.79 Å². The zero-order valence-corrected chi connectivity index (χ0v) is 9.23. The summed E-state index contributed by atoms with van der Waals surface area (Å²) in [5.74, 6) is 0.230. The fourth-order valence-electron chi connectivity index (χ4n) is 1.82. The van der Waals surface area contributed by atoms with Gasteiger partial charge in [-0.2, -0.15) is 0 Å². The van der Waals surface area contributed by atoms with Crippen LogP contribution < -0.4 is 10.5 Å². The lowest BCUT2D eigenvalue weighted by atomic mass is 9.98. The van der Waals surface area contributed by atoms with Crippen molar-refractivity contribution in [1.29, 1.82) is 0 Å². The number of nitrogens with two attached hydrogens (primary N) is 1. The molecular formula is C12H15NO3. The topological polar surface area (TPSA) is 61.5 Å². The van der Waals surface area contributed by atoms with E-state index in [2.05, 4.69) is 0 Å². The smallest absolute Gasteiger partial charge is 0.341 e. The minimum absolute atomic E-state index is 0.0573. The largest absolute Gasteiger partial charge is 0.492 e. The predicted octanol–water partition coefficient (Wildman–Crippen LogP) is 1.65. The van der Waals surface area contributed by atoms with Crippen molar-refractivity contribution in [2.45, 2.75) is 19.4 Å². The van der Waals surface area contributed by atoms with Gasteiger partial charge < -0.3 is 15.2 Å². The van der Waals surface area contributed by atoms with Crippen molar-refractivity contribution in [1.82, 2.24) is 0 Å². The molecule has 4 nitrogen and oxygen atoms in total. The summed E-state index contributed by atoms with van der Waals surface area (Å²) >= 11 is 0. The fourth-order valence-corrected chi connectivity index (χ4v) is 1.82. The highest BCUT2D eigenvalue weighted by Gasteiger charge is 2.24. The zero-order valence-electron chi connectivity index (χ0n) is 9.23. The molecule has 2 rings (SSSR count). The summed E-state index contributed by atoms with van der Waals surface area (Å²) in [4.78, 5) is 11.7. The lowest BCUT2D eigenvalue weighted by Crippen LogP contribution is -2.22. The number of carbonyl (C=O) groups is 1. The van der Waals surface area contributed by atoms with Crippen LogP contribution in [-0.2, 0) is 4.74 Å². The number of carbonyl (C=O) groups excluding carboxylic acids is 1. The third-order valence-corrected chi connectivity index (χ3v) is 2.62. The van der Waals surface area contributed by atoms with Crippen LogP contribution in [0.2, 0.25) is 0 Å². The highest BCUT2D eigenvalue weighted by molar-refractivity contribution is 5.93. The summed E-state index contributed by atoms with van der Waals surface area (Å²) < 4.78 is 10.5. The minimum Gasteiger partial charge on any atom is -0.492 e. The Morgan fingerprint density at radius 1 is 1.62 bits per heavy atom. The molecule has 0 unspecified atom stereocenters. The van der Waals surface area contributed by atoms with Crippen molar-refractivity contribution >= 4 is 5.97 Å². The van der Waals surface area contributed by atoms with Crippen LogP contribution in [0.25, 0.3) is 0 Å². The van der Waals surface area contributed by atoms with E-state index in [1.165, 1.54) is 0 Å². The summed E-state index contributed by atoms with van der Waals surface area (Å²) in [6.07, 6.45) is 0.777. The van der Waals surface area contributed by atoms with E-state index in [-0.39, 0.29) is 12.0 Å². The molecular weight excluding hydrogens is 206 g/mol. The average Bonchev–Trinajstić information content (AvgIpc) is 2.29. The van der Waals surface area contributed by atoms with E-state index < -0.39 is 0 Å². The summed E-state index contributed by atoms with van der Waals surface area (Å²) in [5.41, 5.74) is 7.31. The highest BCUT2D eigenvalue weighted by atomic mass is 16.5. The molecule has 1 atom stereocenters. The molecule has 0 spiro atoms. The summed E-state index contributed by atoms with van der Waals surface area (Å²) in [6, 6.07) is 5.34. The number of hydrogen-bond acceptors (Lipinski definition) is 4. The van der Waals surface area contributed by atoms with Gasteiger partial charge in [0.05, 0.1) is 13.2 Å². The molecule has 0 fully saturated rings. The van der Waals surface area contributed by atoms with Crippen molar-refractivity contribution < 1.29 is 14.3 Å². The van der Waals surface area contributed by atoms with Crippen LogP contribution in [0.3, 0.4) is 0 Å². The van der Waals surface area contributed by atoms with Gasteiger partial charge in [-0.3, -0.25) is 0 Å². The molecule has 16 heavy (non-hydrogen) atoms. The van der Waals surface area contributed by atoms with Crippen molar-refractivity contribution in [3.05, 3.63) is 29.3 Å². The molecule has 1 aromatic rings. The van der Waals surface area contributed by atoms with Crippen LogP contribution in [0, 0.1) is 0 Å². The lowest BCUT2D eigenvalue weighted by molar-refractivity contribution is 0.0520. The zero-order chi connectivity index (χ0) is 11.5. The second kappa shape index (κ2) is 4.53. The molecule has 1 heterocycles. The minimum atomic E-state index is -0.353. The van der Waals surface area contributed by atoms with E-state index in [1.807, 2.05) is 6.07 Å². The molecule has 0 radical (unpaired) electrons. The first-order valence-electron chi connectivity index (χ1n) is 5.42. The third kappa shape index (κ3) is 1.88. The predicted molar refractivity (Wildman–Crippen MR) is 59.4 cm³/mol. The molecule has 0 saturated carbocycles. The van der Waals surface area contributed by atoms with Gasteiger partial charge in [-0.1, -0.05) is 12.1 Å². The summed E-state index contributed by atoms with van der Waals surface area (Å²) in [7, 11) is 0. The number of fused-ring (bicyclic) bond motifs is 1. The Balaban J connectivity index is 2.39. The van der Waals surface area contributed by atoms with Crippen LogP contribution in [0.1, 0.15) is 35.3 Å². The monoisotopic (exact) mass is 221 g/mol. The van der Waals surface area contributed by atoms with Crippen molar-refractivity contribution in [2.24, 2.45) is 5.73 Å². The van der Waals surface area contributed by atoms with E-state index in [0.717, 1.165) is 12.0 Å². The van der Waals surface area contributed by atoms with Crippen LogP contribution in [0.4, 0.5) is 0 Å². The van der Waals surface area contributed by atoms with E-state index >= 15 is 0 Å². The van der Waals surface area contributed by atoms with Gasteiger partial charge in [0, 0.05) is 18.0 Å². The van der Waals surface area contributed by atoms with Crippen molar-refractivity contribution in [3.8, 4) is 5.75 Å². The van der Waals surface area contributed by atoms with E-state index in [4.69, 9.17) is 15.2 Å². The first kappa shape index (κ1) is 11.0. The number of para-hydroxylation sites is 1. The number of esters is 1. The molecule has 4 heteroatoms. The van der Waals surface area contributed by atoms with Crippen molar-refractivity contribution in [3.63, 3.8) is 0 Å². The standard InChI is InChI=1S/C12H15NO3/c1-2-15-12(14)9-5-3-4-8-10(13)6-7-16-11(8)9/h3-5,10H,2,6-7,13H2,1H3/t10-/m0/s1. The number of benzene rings is 1. The Kier molecular flexibility index (Phi) is 3.10. The van der Waals surface area contributed by atoms with Gasteiger partial charge in [-0.25, -0.2) is 4.79 Å². The molecule has 1 aliphatic heterocycles. The maximum Gasteiger partial charge on any atom is 0.341 e. The molecule has 0 aliphatic carbocycles. The van der Waals surface area contributed by atoms with E-state index in [1.54, 1.807) is 19.1 Å². The van der Waals surface area contributed by atoms with Crippen molar-refractivity contribution in [2.75, 3.05) is 13.2 Å². The SMILES string of the molecule is CCOC(=O)c1cccc2c1OCC[C@@H]2N. The molecule has 1 aromatic carbocycles. The Morgan fingerprint density at radius 2 is 2.44 bits per heavy atom. The van der Waals surface area contributed by atoms with Crippen LogP contribution in [0.15, 0.2) is 18.2 Å². The number of rotatable bonds is 2. The molecule has 1 aliphatic rings. The Morgan fingerprint density at radius 3 is 3.19 bits per heavy atom. The van der Waals surface area contributed by atoms with Gasteiger partial charge >= 0.3 is 5.97 Å². The Hall–Kier alpha value is -1.55. The Labute approximate surface area is 94.3 Å². The van der Waals surface area contributed by atoms with Gasteiger partial charge in [0.15, 0.2) is 0 Å².